The van der Waals surface area contributed by atoms with Crippen molar-refractivity contribution in [3.63, 3.8) is 0 Å². The summed E-state index contributed by atoms with van der Waals surface area (Å²) in [7, 11) is -3.98. The number of piperazine rings is 1. The predicted molar refractivity (Wildman–Crippen MR) is 88.4 cm³/mol. The van der Waals surface area contributed by atoms with Gasteiger partial charge in [0.25, 0.3) is 0 Å². The van der Waals surface area contributed by atoms with Gasteiger partial charge < -0.3 is 24.9 Å². The third kappa shape index (κ3) is 3.76. The molecule has 1 aromatic carbocycles. The largest absolute Gasteiger partial charge is 0.504 e. The Morgan fingerprint density at radius 1 is 1.04 bits per heavy atom. The minimum atomic E-state index is -3.98. The van der Waals surface area contributed by atoms with Crippen molar-refractivity contribution in [3.8, 4) is 11.5 Å². The van der Waals surface area contributed by atoms with Gasteiger partial charge in [0.05, 0.1) is 11.7 Å². The number of aromatic nitrogens is 2. The number of nitrogens with zero attached hydrogens (tertiary/aromatic N) is 4. The zero-order chi connectivity index (χ0) is 17.3. The molecule has 1 aliphatic heterocycles. The van der Waals surface area contributed by atoms with Crippen molar-refractivity contribution in [2.75, 3.05) is 43.8 Å². The zero-order valence-electron chi connectivity index (χ0n) is 12.9. The lowest BCUT2D eigenvalue weighted by Crippen LogP contribution is -2.47. The zero-order valence-corrected chi connectivity index (χ0v) is 13.8. The van der Waals surface area contributed by atoms with Gasteiger partial charge in [0.1, 0.15) is 12.1 Å². The smallest absolute Gasteiger partial charge is 0.326 e. The second-order valence-electron chi connectivity index (χ2n) is 5.77. The molecule has 2 heterocycles. The minimum absolute atomic E-state index is 0.142. The first kappa shape index (κ1) is 16.9. The average Bonchev–Trinajstić information content (AvgIpc) is 2.53. The summed E-state index contributed by atoms with van der Waals surface area (Å²) in [6.45, 7) is 2.98. The number of aromatic hydroxyl groups is 2. The Hall–Kier alpha value is -1.93. The Kier molecular flexibility index (Phi) is 4.60. The van der Waals surface area contributed by atoms with Crippen LogP contribution >= 0.6 is 7.60 Å². The van der Waals surface area contributed by atoms with Crippen LogP contribution in [-0.4, -0.2) is 73.8 Å². The van der Waals surface area contributed by atoms with Crippen LogP contribution in [0.25, 0.3) is 10.9 Å². The van der Waals surface area contributed by atoms with E-state index in [1.54, 1.807) is 0 Å². The van der Waals surface area contributed by atoms with Crippen molar-refractivity contribution < 1.29 is 24.6 Å². The van der Waals surface area contributed by atoms with Gasteiger partial charge >= 0.3 is 7.60 Å². The van der Waals surface area contributed by atoms with Crippen LogP contribution in [0.1, 0.15) is 0 Å². The molecule has 4 N–H and O–H groups in total. The van der Waals surface area contributed by atoms with Crippen LogP contribution in [0.2, 0.25) is 0 Å². The highest BCUT2D eigenvalue weighted by molar-refractivity contribution is 7.51. The standard InChI is InChI=1S/C14H19N4O5P/c19-12-7-10-11(8-13(12)20)15-9-16-14(10)18-3-1-17(2-4-18)5-6-24(21,22)23/h7-9,19-20H,1-6H2,(H2,21,22,23). The van der Waals surface area contributed by atoms with E-state index >= 15 is 0 Å². The lowest BCUT2D eigenvalue weighted by atomic mass is 10.2. The van der Waals surface area contributed by atoms with E-state index in [9.17, 15) is 14.8 Å². The molecule has 0 aliphatic carbocycles. The van der Waals surface area contributed by atoms with Gasteiger partial charge in [0.2, 0.25) is 0 Å². The molecule has 9 nitrogen and oxygen atoms in total. The van der Waals surface area contributed by atoms with Crippen LogP contribution in [0.15, 0.2) is 18.5 Å². The van der Waals surface area contributed by atoms with Crippen LogP contribution < -0.4 is 4.90 Å². The van der Waals surface area contributed by atoms with Gasteiger partial charge in [-0.15, -0.1) is 0 Å². The van der Waals surface area contributed by atoms with Crippen LogP contribution in [0.5, 0.6) is 11.5 Å². The van der Waals surface area contributed by atoms with Crippen molar-refractivity contribution in [2.45, 2.75) is 0 Å². The summed E-state index contributed by atoms with van der Waals surface area (Å²) in [4.78, 5) is 30.3. The number of rotatable bonds is 4. The molecule has 0 atom stereocenters. The van der Waals surface area contributed by atoms with Crippen molar-refractivity contribution in [3.05, 3.63) is 18.5 Å². The summed E-state index contributed by atoms with van der Waals surface area (Å²) >= 11 is 0. The van der Waals surface area contributed by atoms with Crippen molar-refractivity contribution >= 4 is 24.3 Å². The molecule has 0 spiro atoms. The molecule has 0 amide bonds. The van der Waals surface area contributed by atoms with Gasteiger partial charge in [-0.05, 0) is 6.07 Å². The molecular formula is C14H19N4O5P. The summed E-state index contributed by atoms with van der Waals surface area (Å²) in [5.74, 6) is 0.221. The third-order valence-electron chi connectivity index (χ3n) is 4.09. The van der Waals surface area contributed by atoms with E-state index in [0.717, 1.165) is 0 Å². The summed E-state index contributed by atoms with van der Waals surface area (Å²) in [6.07, 6.45) is 1.27. The molecule has 1 fully saturated rings. The van der Waals surface area contributed by atoms with E-state index in [1.165, 1.54) is 18.5 Å². The Balaban J connectivity index is 1.74. The molecule has 130 valence electrons. The first-order chi connectivity index (χ1) is 11.3. The van der Waals surface area contributed by atoms with Gasteiger partial charge in [0, 0.05) is 44.2 Å². The van der Waals surface area contributed by atoms with E-state index in [1.807, 2.05) is 9.80 Å². The topological polar surface area (TPSA) is 130 Å². The second-order valence-corrected chi connectivity index (χ2v) is 7.55. The predicted octanol–water partition coefficient (Wildman–Crippen LogP) is 0.341. The Morgan fingerprint density at radius 3 is 2.38 bits per heavy atom. The monoisotopic (exact) mass is 354 g/mol. The van der Waals surface area contributed by atoms with Crippen molar-refractivity contribution in [1.29, 1.82) is 0 Å². The van der Waals surface area contributed by atoms with E-state index in [4.69, 9.17) is 9.79 Å². The normalized spacial score (nSPS) is 16.7. The highest BCUT2D eigenvalue weighted by atomic mass is 31.2. The molecule has 24 heavy (non-hydrogen) atoms. The van der Waals surface area contributed by atoms with Gasteiger partial charge in [-0.25, -0.2) is 9.97 Å². The number of phenolic OH excluding ortho intramolecular Hbond substituents is 2. The molecule has 0 saturated carbocycles. The first-order valence-corrected chi connectivity index (χ1v) is 9.32. The van der Waals surface area contributed by atoms with Crippen LogP contribution in [-0.2, 0) is 4.57 Å². The molecule has 0 bridgehead atoms. The third-order valence-corrected chi connectivity index (χ3v) is 4.87. The quantitative estimate of drug-likeness (QED) is 0.453. The summed E-state index contributed by atoms with van der Waals surface area (Å²) in [6, 6.07) is 2.84. The molecule has 3 rings (SSSR count). The number of hydrogen-bond donors (Lipinski definition) is 4. The van der Waals surface area contributed by atoms with Crippen LogP contribution in [0, 0.1) is 0 Å². The molecular weight excluding hydrogens is 335 g/mol. The highest BCUT2D eigenvalue weighted by Gasteiger charge is 2.22. The SMILES string of the molecule is O=P(O)(O)CCN1CCN(c2ncnc3cc(O)c(O)cc23)CC1. The van der Waals surface area contributed by atoms with Gasteiger partial charge in [-0.1, -0.05) is 0 Å². The lowest BCUT2D eigenvalue weighted by molar-refractivity contribution is 0.264. The summed E-state index contributed by atoms with van der Waals surface area (Å²) in [5, 5.41) is 20.0. The fourth-order valence-corrected chi connectivity index (χ4v) is 3.32. The maximum Gasteiger partial charge on any atom is 0.326 e. The van der Waals surface area contributed by atoms with Crippen molar-refractivity contribution in [2.24, 2.45) is 0 Å². The molecule has 0 unspecified atom stereocenters. The Bertz CT molecular complexity index is 788. The molecule has 0 radical (unpaired) electrons. The summed E-state index contributed by atoms with van der Waals surface area (Å²) < 4.78 is 11.0. The van der Waals surface area contributed by atoms with Crippen LogP contribution in [0.3, 0.4) is 0 Å². The lowest BCUT2D eigenvalue weighted by Gasteiger charge is -2.35. The molecule has 1 aromatic heterocycles. The van der Waals surface area contributed by atoms with Gasteiger partial charge in [-0.2, -0.15) is 0 Å². The van der Waals surface area contributed by atoms with E-state index in [0.29, 0.717) is 49.4 Å². The highest BCUT2D eigenvalue weighted by Crippen LogP contribution is 2.35. The Morgan fingerprint density at radius 2 is 1.71 bits per heavy atom. The van der Waals surface area contributed by atoms with E-state index < -0.39 is 7.60 Å². The van der Waals surface area contributed by atoms with Crippen molar-refractivity contribution in [1.82, 2.24) is 14.9 Å². The number of fused-ring (bicyclic) bond motifs is 1. The fraction of sp³-hybridized carbons (Fsp3) is 0.429. The van der Waals surface area contributed by atoms with Gasteiger partial charge in [0.15, 0.2) is 11.5 Å². The fourth-order valence-electron chi connectivity index (χ4n) is 2.77. The number of anilines is 1. The number of benzene rings is 1. The number of hydrogen-bond acceptors (Lipinski definition) is 7. The molecule has 10 heteroatoms. The Labute approximate surface area is 138 Å². The molecule has 2 aromatic rings. The second kappa shape index (κ2) is 6.52. The van der Waals surface area contributed by atoms with E-state index in [2.05, 4.69) is 9.97 Å². The number of phenols is 2. The molecule has 1 aliphatic rings. The average molecular weight is 354 g/mol. The van der Waals surface area contributed by atoms with E-state index in [-0.39, 0.29) is 17.7 Å². The summed E-state index contributed by atoms with van der Waals surface area (Å²) in [5.41, 5.74) is 0.541. The van der Waals surface area contributed by atoms with Crippen LogP contribution in [0.4, 0.5) is 5.82 Å². The first-order valence-electron chi connectivity index (χ1n) is 7.52. The maximum absolute atomic E-state index is 11.0. The maximum atomic E-state index is 11.0. The molecule has 1 saturated heterocycles. The van der Waals surface area contributed by atoms with Gasteiger partial charge in [-0.3, -0.25) is 9.46 Å². The minimum Gasteiger partial charge on any atom is -0.504 e.